The SMILES string of the molecule is Cc1cccc(-c2ncc(C)c(NC(=O)c3ccnn3-c3cccnc3)n2)n1. The highest BCUT2D eigenvalue weighted by Gasteiger charge is 2.16. The van der Waals surface area contributed by atoms with Crippen molar-refractivity contribution in [2.45, 2.75) is 13.8 Å². The molecule has 4 aromatic rings. The van der Waals surface area contributed by atoms with Crippen LogP contribution in [0.4, 0.5) is 5.82 Å². The lowest BCUT2D eigenvalue weighted by Gasteiger charge is -2.10. The fourth-order valence-electron chi connectivity index (χ4n) is 2.69. The molecular formula is C20H17N7O. The summed E-state index contributed by atoms with van der Waals surface area (Å²) in [6.45, 7) is 3.74. The van der Waals surface area contributed by atoms with Gasteiger partial charge in [0.1, 0.15) is 17.2 Å². The van der Waals surface area contributed by atoms with E-state index in [0.29, 0.717) is 28.7 Å². The molecule has 1 amide bonds. The van der Waals surface area contributed by atoms with Gasteiger partial charge in [0.05, 0.1) is 18.1 Å². The lowest BCUT2D eigenvalue weighted by molar-refractivity contribution is 0.101. The number of hydrogen-bond donors (Lipinski definition) is 1. The van der Waals surface area contributed by atoms with E-state index >= 15 is 0 Å². The van der Waals surface area contributed by atoms with Gasteiger partial charge in [-0.1, -0.05) is 6.07 Å². The normalized spacial score (nSPS) is 10.6. The molecule has 0 aliphatic rings. The third kappa shape index (κ3) is 3.48. The summed E-state index contributed by atoms with van der Waals surface area (Å²) in [6.07, 6.45) is 6.54. The van der Waals surface area contributed by atoms with Gasteiger partial charge in [-0.2, -0.15) is 5.10 Å². The van der Waals surface area contributed by atoms with Crippen molar-refractivity contribution >= 4 is 11.7 Å². The van der Waals surface area contributed by atoms with E-state index in [4.69, 9.17) is 0 Å². The zero-order valence-electron chi connectivity index (χ0n) is 15.4. The van der Waals surface area contributed by atoms with Gasteiger partial charge in [0.2, 0.25) is 0 Å². The molecule has 4 heterocycles. The van der Waals surface area contributed by atoms with Gasteiger partial charge in [0.15, 0.2) is 5.82 Å². The van der Waals surface area contributed by atoms with Gasteiger partial charge in [-0.05, 0) is 44.2 Å². The summed E-state index contributed by atoms with van der Waals surface area (Å²) in [6, 6.07) is 10.9. The molecule has 0 aliphatic carbocycles. The van der Waals surface area contributed by atoms with Crippen molar-refractivity contribution in [3.8, 4) is 17.2 Å². The maximum absolute atomic E-state index is 12.9. The summed E-state index contributed by atoms with van der Waals surface area (Å²) in [5.41, 5.74) is 3.34. The number of nitrogens with zero attached hydrogens (tertiary/aromatic N) is 6. The number of nitrogens with one attached hydrogen (secondary N) is 1. The second-order valence-electron chi connectivity index (χ2n) is 6.18. The molecule has 0 aromatic carbocycles. The Bertz CT molecular complexity index is 1140. The van der Waals surface area contributed by atoms with Crippen molar-refractivity contribution in [1.82, 2.24) is 29.7 Å². The number of carbonyl (C=O) groups excluding carboxylic acids is 1. The number of carbonyl (C=O) groups is 1. The number of amides is 1. The Morgan fingerprint density at radius 3 is 2.68 bits per heavy atom. The van der Waals surface area contributed by atoms with Crippen molar-refractivity contribution in [1.29, 1.82) is 0 Å². The van der Waals surface area contributed by atoms with Gasteiger partial charge in [0.25, 0.3) is 5.91 Å². The molecular weight excluding hydrogens is 354 g/mol. The predicted molar refractivity (Wildman–Crippen MR) is 104 cm³/mol. The quantitative estimate of drug-likeness (QED) is 0.592. The molecule has 1 N–H and O–H groups in total. The molecule has 138 valence electrons. The first-order valence-corrected chi connectivity index (χ1v) is 8.65. The predicted octanol–water partition coefficient (Wildman–Crippen LogP) is 2.99. The van der Waals surface area contributed by atoms with E-state index in [2.05, 4.69) is 30.4 Å². The maximum atomic E-state index is 12.9. The summed E-state index contributed by atoms with van der Waals surface area (Å²) in [5, 5.41) is 7.07. The van der Waals surface area contributed by atoms with Crippen molar-refractivity contribution in [3.63, 3.8) is 0 Å². The van der Waals surface area contributed by atoms with E-state index < -0.39 is 0 Å². The van der Waals surface area contributed by atoms with Gasteiger partial charge in [0, 0.05) is 23.7 Å². The Balaban J connectivity index is 1.64. The smallest absolute Gasteiger partial charge is 0.275 e. The lowest BCUT2D eigenvalue weighted by Crippen LogP contribution is -2.18. The fraction of sp³-hybridized carbons (Fsp3) is 0.100. The van der Waals surface area contributed by atoms with Gasteiger partial charge < -0.3 is 5.32 Å². The van der Waals surface area contributed by atoms with Crippen molar-refractivity contribution < 1.29 is 4.79 Å². The van der Waals surface area contributed by atoms with Crippen LogP contribution in [0.15, 0.2) is 61.2 Å². The average molecular weight is 371 g/mol. The topological polar surface area (TPSA) is 98.5 Å². The molecule has 0 spiro atoms. The van der Waals surface area contributed by atoms with Gasteiger partial charge in [-0.25, -0.2) is 19.6 Å². The lowest BCUT2D eigenvalue weighted by atomic mass is 10.2. The summed E-state index contributed by atoms with van der Waals surface area (Å²) in [7, 11) is 0. The van der Waals surface area contributed by atoms with Crippen molar-refractivity contribution in [2.75, 3.05) is 5.32 Å². The van der Waals surface area contributed by atoms with Crippen LogP contribution in [0, 0.1) is 13.8 Å². The van der Waals surface area contributed by atoms with E-state index in [1.807, 2.05) is 38.1 Å². The second-order valence-corrected chi connectivity index (χ2v) is 6.18. The Hall–Kier alpha value is -3.94. The molecule has 4 aromatic heterocycles. The molecule has 0 fully saturated rings. The first-order valence-electron chi connectivity index (χ1n) is 8.65. The largest absolute Gasteiger partial charge is 0.305 e. The van der Waals surface area contributed by atoms with Gasteiger partial charge >= 0.3 is 0 Å². The van der Waals surface area contributed by atoms with Crippen LogP contribution in [0.1, 0.15) is 21.7 Å². The molecule has 0 saturated heterocycles. The van der Waals surface area contributed by atoms with Crippen LogP contribution in [0.3, 0.4) is 0 Å². The Morgan fingerprint density at radius 1 is 1.00 bits per heavy atom. The van der Waals surface area contributed by atoms with Crippen molar-refractivity contribution in [3.05, 3.63) is 78.1 Å². The van der Waals surface area contributed by atoms with Gasteiger partial charge in [-0.15, -0.1) is 0 Å². The minimum absolute atomic E-state index is 0.327. The van der Waals surface area contributed by atoms with Crippen LogP contribution >= 0.6 is 0 Å². The number of anilines is 1. The third-order valence-electron chi connectivity index (χ3n) is 4.09. The van der Waals surface area contributed by atoms with Crippen LogP contribution in [0.5, 0.6) is 0 Å². The first kappa shape index (κ1) is 17.5. The highest BCUT2D eigenvalue weighted by atomic mass is 16.2. The fourth-order valence-corrected chi connectivity index (χ4v) is 2.69. The number of pyridine rings is 2. The van der Waals surface area contributed by atoms with Crippen LogP contribution in [0.2, 0.25) is 0 Å². The zero-order valence-corrected chi connectivity index (χ0v) is 15.4. The molecule has 4 rings (SSSR count). The highest BCUT2D eigenvalue weighted by Crippen LogP contribution is 2.19. The molecule has 28 heavy (non-hydrogen) atoms. The van der Waals surface area contributed by atoms with Gasteiger partial charge in [-0.3, -0.25) is 9.78 Å². The minimum atomic E-state index is -0.327. The molecule has 0 saturated carbocycles. The molecule has 0 radical (unpaired) electrons. The molecule has 8 nitrogen and oxygen atoms in total. The number of rotatable bonds is 4. The van der Waals surface area contributed by atoms with Crippen LogP contribution in [-0.2, 0) is 0 Å². The van der Waals surface area contributed by atoms with Crippen molar-refractivity contribution in [2.24, 2.45) is 0 Å². The average Bonchev–Trinajstić information content (AvgIpc) is 3.20. The Kier molecular flexibility index (Phi) is 4.59. The van der Waals surface area contributed by atoms with E-state index in [0.717, 1.165) is 11.3 Å². The van der Waals surface area contributed by atoms with E-state index in [1.54, 1.807) is 36.9 Å². The highest BCUT2D eigenvalue weighted by molar-refractivity contribution is 6.03. The Labute approximate surface area is 161 Å². The molecule has 0 bridgehead atoms. The van der Waals surface area contributed by atoms with E-state index in [1.165, 1.54) is 4.68 Å². The Morgan fingerprint density at radius 2 is 1.89 bits per heavy atom. The monoisotopic (exact) mass is 371 g/mol. The first-order chi connectivity index (χ1) is 13.6. The molecule has 0 atom stereocenters. The summed E-state index contributed by atoms with van der Waals surface area (Å²) in [5.74, 6) is 0.550. The minimum Gasteiger partial charge on any atom is -0.305 e. The maximum Gasteiger partial charge on any atom is 0.275 e. The summed E-state index contributed by atoms with van der Waals surface area (Å²) < 4.78 is 1.53. The molecule has 0 aliphatic heterocycles. The van der Waals surface area contributed by atoms with Crippen LogP contribution in [0.25, 0.3) is 17.2 Å². The number of aromatic nitrogens is 6. The second kappa shape index (κ2) is 7.36. The number of hydrogen-bond acceptors (Lipinski definition) is 6. The standard InChI is InChI=1S/C20H17N7O/c1-13-11-22-19(16-7-3-5-14(2)24-16)25-18(13)26-20(28)17-8-10-23-27(17)15-6-4-9-21-12-15/h3-12H,1-2H3,(H,22,25,26,28). The zero-order chi connectivity index (χ0) is 19.5. The summed E-state index contributed by atoms with van der Waals surface area (Å²) >= 11 is 0. The number of aryl methyl sites for hydroxylation is 2. The van der Waals surface area contributed by atoms with E-state index in [9.17, 15) is 4.79 Å². The van der Waals surface area contributed by atoms with E-state index in [-0.39, 0.29) is 5.91 Å². The van der Waals surface area contributed by atoms with Crippen LogP contribution < -0.4 is 5.32 Å². The third-order valence-corrected chi connectivity index (χ3v) is 4.09. The molecule has 0 unspecified atom stereocenters. The molecule has 8 heteroatoms. The van der Waals surface area contributed by atoms with Crippen LogP contribution in [-0.4, -0.2) is 35.6 Å². The summed E-state index contributed by atoms with van der Waals surface area (Å²) in [4.78, 5) is 30.2.